The van der Waals surface area contributed by atoms with Crippen LogP contribution in [0, 0.1) is 0 Å². The average Bonchev–Trinajstić information content (AvgIpc) is 3.06. The molecule has 2 N–H and O–H groups in total. The van der Waals surface area contributed by atoms with Gasteiger partial charge in [0.05, 0.1) is 6.04 Å². The van der Waals surface area contributed by atoms with Crippen LogP contribution in [0.25, 0.3) is 0 Å². The molecule has 0 radical (unpaired) electrons. The van der Waals surface area contributed by atoms with Crippen molar-refractivity contribution in [2.45, 2.75) is 44.3 Å². The Kier molecular flexibility index (Phi) is 5.34. The van der Waals surface area contributed by atoms with E-state index in [0.717, 1.165) is 56.9 Å². The Morgan fingerprint density at radius 1 is 1.23 bits per heavy atom. The maximum atomic E-state index is 12.1. The Labute approximate surface area is 137 Å². The van der Waals surface area contributed by atoms with Crippen molar-refractivity contribution in [3.63, 3.8) is 0 Å². The third-order valence-corrected chi connectivity index (χ3v) is 4.88. The first kappa shape index (κ1) is 15.8. The summed E-state index contributed by atoms with van der Waals surface area (Å²) in [6, 6.07) is 8.42. The fraction of sp³-hybridized carbons (Fsp3) is 0.588. The second kappa shape index (κ2) is 7.44. The molecule has 22 heavy (non-hydrogen) atoms. The van der Waals surface area contributed by atoms with Gasteiger partial charge in [-0.3, -0.25) is 9.69 Å². The van der Waals surface area contributed by atoms with Gasteiger partial charge in [0.1, 0.15) is 0 Å². The first-order valence-electron chi connectivity index (χ1n) is 8.21. The number of nitrogens with one attached hydrogen (secondary N) is 2. The van der Waals surface area contributed by atoms with Crippen LogP contribution < -0.4 is 10.6 Å². The van der Waals surface area contributed by atoms with Gasteiger partial charge < -0.3 is 10.6 Å². The molecular formula is C17H24ClN3O. The summed E-state index contributed by atoms with van der Waals surface area (Å²) >= 11 is 5.92. The van der Waals surface area contributed by atoms with Crippen LogP contribution in [0.1, 0.15) is 31.2 Å². The van der Waals surface area contributed by atoms with Crippen LogP contribution in [-0.4, -0.2) is 42.5 Å². The van der Waals surface area contributed by atoms with E-state index >= 15 is 0 Å². The van der Waals surface area contributed by atoms with Crippen molar-refractivity contribution >= 4 is 17.5 Å². The van der Waals surface area contributed by atoms with Crippen LogP contribution in [0.3, 0.4) is 0 Å². The summed E-state index contributed by atoms with van der Waals surface area (Å²) in [4.78, 5) is 14.6. The maximum Gasteiger partial charge on any atom is 0.237 e. The Morgan fingerprint density at radius 2 is 1.95 bits per heavy atom. The summed E-state index contributed by atoms with van der Waals surface area (Å²) in [5.74, 6) is 0.189. The smallest absolute Gasteiger partial charge is 0.237 e. The molecule has 0 aromatic heterocycles. The minimum Gasteiger partial charge on any atom is -0.352 e. The minimum absolute atomic E-state index is 0.0343. The van der Waals surface area contributed by atoms with Crippen molar-refractivity contribution < 1.29 is 4.79 Å². The Balaban J connectivity index is 1.42. The van der Waals surface area contributed by atoms with Gasteiger partial charge in [0.15, 0.2) is 0 Å². The zero-order chi connectivity index (χ0) is 15.4. The number of hydrogen-bond donors (Lipinski definition) is 2. The zero-order valence-corrected chi connectivity index (χ0v) is 13.6. The predicted octanol–water partition coefficient (Wildman–Crippen LogP) is 2.17. The standard InChI is InChI=1S/C17H24ClN3O/c18-14-5-3-13(4-6-14)12-21-10-7-15(8-11-21)20-17(22)16-2-1-9-19-16/h3-6,15-16,19H,1-2,7-12H2,(H,20,22). The summed E-state index contributed by atoms with van der Waals surface area (Å²) in [6.45, 7) is 4.00. The van der Waals surface area contributed by atoms with Gasteiger partial charge in [-0.25, -0.2) is 0 Å². The van der Waals surface area contributed by atoms with E-state index in [9.17, 15) is 4.79 Å². The van der Waals surface area contributed by atoms with Crippen molar-refractivity contribution in [1.29, 1.82) is 0 Å². The SMILES string of the molecule is O=C(NC1CCN(Cc2ccc(Cl)cc2)CC1)C1CCCN1. The first-order chi connectivity index (χ1) is 10.7. The molecule has 1 unspecified atom stereocenters. The number of amides is 1. The van der Waals surface area contributed by atoms with E-state index in [2.05, 4.69) is 27.7 Å². The van der Waals surface area contributed by atoms with Crippen molar-refractivity contribution in [1.82, 2.24) is 15.5 Å². The van der Waals surface area contributed by atoms with E-state index in [1.807, 2.05) is 12.1 Å². The second-order valence-electron chi connectivity index (χ2n) is 6.33. The van der Waals surface area contributed by atoms with Gasteiger partial charge in [-0.05, 0) is 49.9 Å². The van der Waals surface area contributed by atoms with E-state index in [1.165, 1.54) is 5.56 Å². The lowest BCUT2D eigenvalue weighted by Crippen LogP contribution is -2.49. The number of nitrogens with zero attached hydrogens (tertiary/aromatic N) is 1. The number of carbonyl (C=O) groups is 1. The third kappa shape index (κ3) is 4.22. The van der Waals surface area contributed by atoms with Gasteiger partial charge in [0, 0.05) is 30.7 Å². The van der Waals surface area contributed by atoms with Crippen LogP contribution in [-0.2, 0) is 11.3 Å². The molecular weight excluding hydrogens is 298 g/mol. The highest BCUT2D eigenvalue weighted by Crippen LogP contribution is 2.16. The molecule has 0 saturated carbocycles. The van der Waals surface area contributed by atoms with Crippen molar-refractivity contribution in [3.8, 4) is 0 Å². The molecule has 2 aliphatic rings. The van der Waals surface area contributed by atoms with E-state index < -0.39 is 0 Å². The van der Waals surface area contributed by atoms with E-state index in [1.54, 1.807) is 0 Å². The van der Waals surface area contributed by atoms with Crippen molar-refractivity contribution in [2.75, 3.05) is 19.6 Å². The molecule has 5 heteroatoms. The summed E-state index contributed by atoms with van der Waals surface area (Å²) in [7, 11) is 0. The van der Waals surface area contributed by atoms with Gasteiger partial charge in [-0.2, -0.15) is 0 Å². The normalized spacial score (nSPS) is 23.6. The molecule has 0 aliphatic carbocycles. The number of hydrogen-bond acceptors (Lipinski definition) is 3. The highest BCUT2D eigenvalue weighted by molar-refractivity contribution is 6.30. The van der Waals surface area contributed by atoms with Crippen molar-refractivity contribution in [3.05, 3.63) is 34.9 Å². The molecule has 2 aliphatic heterocycles. The maximum absolute atomic E-state index is 12.1. The number of halogens is 1. The fourth-order valence-electron chi connectivity index (χ4n) is 3.29. The molecule has 1 aromatic rings. The molecule has 120 valence electrons. The number of carbonyl (C=O) groups excluding carboxylic acids is 1. The van der Waals surface area contributed by atoms with Crippen LogP contribution in [0.4, 0.5) is 0 Å². The quantitative estimate of drug-likeness (QED) is 0.893. The summed E-state index contributed by atoms with van der Waals surface area (Å²) < 4.78 is 0. The van der Waals surface area contributed by atoms with Crippen LogP contribution in [0.2, 0.25) is 5.02 Å². The molecule has 2 saturated heterocycles. The molecule has 4 nitrogen and oxygen atoms in total. The lowest BCUT2D eigenvalue weighted by atomic mass is 10.0. The lowest BCUT2D eigenvalue weighted by Gasteiger charge is -2.32. The number of rotatable bonds is 4. The largest absolute Gasteiger partial charge is 0.352 e. The lowest BCUT2D eigenvalue weighted by molar-refractivity contribution is -0.123. The van der Waals surface area contributed by atoms with Crippen LogP contribution in [0.15, 0.2) is 24.3 Å². The highest BCUT2D eigenvalue weighted by atomic mass is 35.5. The summed E-state index contributed by atoms with van der Waals surface area (Å²) in [5.41, 5.74) is 1.29. The van der Waals surface area contributed by atoms with Crippen LogP contribution >= 0.6 is 11.6 Å². The molecule has 0 spiro atoms. The highest BCUT2D eigenvalue weighted by Gasteiger charge is 2.26. The van der Waals surface area contributed by atoms with Crippen LogP contribution in [0.5, 0.6) is 0 Å². The Morgan fingerprint density at radius 3 is 2.59 bits per heavy atom. The summed E-state index contributed by atoms with van der Waals surface area (Å²) in [5, 5.41) is 7.25. The monoisotopic (exact) mass is 321 g/mol. The van der Waals surface area contributed by atoms with E-state index in [0.29, 0.717) is 6.04 Å². The number of likely N-dealkylation sites (tertiary alicyclic amines) is 1. The van der Waals surface area contributed by atoms with Gasteiger partial charge in [0.25, 0.3) is 0 Å². The predicted molar refractivity (Wildman–Crippen MR) is 88.9 cm³/mol. The first-order valence-corrected chi connectivity index (χ1v) is 8.59. The zero-order valence-electron chi connectivity index (χ0n) is 12.9. The Hall–Kier alpha value is -1.10. The van der Waals surface area contributed by atoms with E-state index in [-0.39, 0.29) is 11.9 Å². The Bertz CT molecular complexity index is 491. The molecule has 0 bridgehead atoms. The summed E-state index contributed by atoms with van der Waals surface area (Å²) in [6.07, 6.45) is 4.15. The molecule has 1 aromatic carbocycles. The number of piperidine rings is 1. The minimum atomic E-state index is 0.0343. The molecule has 2 heterocycles. The fourth-order valence-corrected chi connectivity index (χ4v) is 3.42. The average molecular weight is 322 g/mol. The number of benzene rings is 1. The topological polar surface area (TPSA) is 44.4 Å². The van der Waals surface area contributed by atoms with E-state index in [4.69, 9.17) is 11.6 Å². The third-order valence-electron chi connectivity index (χ3n) is 4.63. The molecule has 3 rings (SSSR count). The molecule has 2 fully saturated rings. The second-order valence-corrected chi connectivity index (χ2v) is 6.77. The molecule has 1 atom stereocenters. The van der Waals surface area contributed by atoms with Gasteiger partial charge in [-0.1, -0.05) is 23.7 Å². The van der Waals surface area contributed by atoms with Gasteiger partial charge in [0.2, 0.25) is 5.91 Å². The van der Waals surface area contributed by atoms with Crippen molar-refractivity contribution in [2.24, 2.45) is 0 Å². The van der Waals surface area contributed by atoms with Gasteiger partial charge >= 0.3 is 0 Å². The van der Waals surface area contributed by atoms with Gasteiger partial charge in [-0.15, -0.1) is 0 Å². The molecule has 1 amide bonds.